The van der Waals surface area contributed by atoms with Crippen LogP contribution in [0.5, 0.6) is 0 Å². The van der Waals surface area contributed by atoms with Gasteiger partial charge in [0.05, 0.1) is 5.75 Å². The van der Waals surface area contributed by atoms with E-state index in [-0.39, 0.29) is 11.3 Å². The molecular weight excluding hydrogens is 381 g/mol. The lowest BCUT2D eigenvalue weighted by molar-refractivity contribution is 0.494. The summed E-state index contributed by atoms with van der Waals surface area (Å²) in [6.07, 6.45) is 0.909. The third kappa shape index (κ3) is 4.45. The SMILES string of the molecule is O=S(=O)(C=Cc1cc(F)c(F)cc1F)Cc1ccc(Br)cc1. The van der Waals surface area contributed by atoms with Gasteiger partial charge in [-0.05, 0) is 29.8 Å². The summed E-state index contributed by atoms with van der Waals surface area (Å²) in [6, 6.07) is 7.64. The monoisotopic (exact) mass is 390 g/mol. The van der Waals surface area contributed by atoms with Crippen LogP contribution in [-0.4, -0.2) is 8.42 Å². The minimum absolute atomic E-state index is 0.276. The highest BCUT2D eigenvalue weighted by atomic mass is 79.9. The molecule has 0 aliphatic rings. The molecule has 0 aliphatic carbocycles. The zero-order valence-corrected chi connectivity index (χ0v) is 13.5. The molecule has 2 rings (SSSR count). The van der Waals surface area contributed by atoms with Gasteiger partial charge in [0, 0.05) is 21.5 Å². The second-order valence-electron chi connectivity index (χ2n) is 4.52. The summed E-state index contributed by atoms with van der Waals surface area (Å²) in [7, 11) is -3.66. The summed E-state index contributed by atoms with van der Waals surface area (Å²) in [6.45, 7) is 0. The van der Waals surface area contributed by atoms with Gasteiger partial charge >= 0.3 is 0 Å². The maximum Gasteiger partial charge on any atom is 0.175 e. The van der Waals surface area contributed by atoms with E-state index < -0.39 is 27.3 Å². The molecule has 0 aliphatic heterocycles. The summed E-state index contributed by atoms with van der Waals surface area (Å²) in [5, 5.41) is 0.783. The van der Waals surface area contributed by atoms with Crippen molar-refractivity contribution < 1.29 is 21.6 Å². The molecule has 0 bridgehead atoms. The molecule has 116 valence electrons. The third-order valence-corrected chi connectivity index (χ3v) is 4.59. The lowest BCUT2D eigenvalue weighted by atomic mass is 10.2. The first-order chi connectivity index (χ1) is 10.3. The average molecular weight is 391 g/mol. The quantitative estimate of drug-likeness (QED) is 0.722. The van der Waals surface area contributed by atoms with E-state index in [0.717, 1.165) is 16.0 Å². The van der Waals surface area contributed by atoms with Crippen molar-refractivity contribution in [3.8, 4) is 0 Å². The Morgan fingerprint density at radius 3 is 2.18 bits per heavy atom. The van der Waals surface area contributed by atoms with Crippen LogP contribution >= 0.6 is 15.9 Å². The van der Waals surface area contributed by atoms with Gasteiger partial charge in [-0.2, -0.15) is 0 Å². The highest BCUT2D eigenvalue weighted by molar-refractivity contribution is 9.10. The van der Waals surface area contributed by atoms with Gasteiger partial charge in [0.15, 0.2) is 21.5 Å². The van der Waals surface area contributed by atoms with Gasteiger partial charge in [-0.3, -0.25) is 0 Å². The standard InChI is InChI=1S/C15H10BrF3O2S/c16-12-3-1-10(2-4-12)9-22(20,21)6-5-11-7-14(18)15(19)8-13(11)17/h1-8H,9H2. The van der Waals surface area contributed by atoms with Crippen molar-refractivity contribution in [2.45, 2.75) is 5.75 Å². The maximum atomic E-state index is 13.4. The Hall–Kier alpha value is -1.60. The number of hydrogen-bond acceptors (Lipinski definition) is 2. The van der Waals surface area contributed by atoms with E-state index in [2.05, 4.69) is 15.9 Å². The zero-order valence-electron chi connectivity index (χ0n) is 11.1. The Morgan fingerprint density at radius 2 is 1.55 bits per heavy atom. The van der Waals surface area contributed by atoms with E-state index in [9.17, 15) is 21.6 Å². The summed E-state index contributed by atoms with van der Waals surface area (Å²) in [5.41, 5.74) is 0.219. The van der Waals surface area contributed by atoms with E-state index in [1.807, 2.05) is 0 Å². The molecule has 2 aromatic rings. The van der Waals surface area contributed by atoms with Crippen LogP contribution in [-0.2, 0) is 15.6 Å². The minimum Gasteiger partial charge on any atom is -0.224 e. The van der Waals surface area contributed by atoms with Crippen LogP contribution in [0.15, 0.2) is 46.3 Å². The van der Waals surface area contributed by atoms with E-state index in [1.54, 1.807) is 24.3 Å². The Balaban J connectivity index is 2.21. The first-order valence-corrected chi connectivity index (χ1v) is 8.57. The average Bonchev–Trinajstić information content (AvgIpc) is 2.44. The molecule has 0 atom stereocenters. The molecule has 22 heavy (non-hydrogen) atoms. The Bertz CT molecular complexity index is 815. The molecule has 0 unspecified atom stereocenters. The van der Waals surface area contributed by atoms with Crippen molar-refractivity contribution in [2.24, 2.45) is 0 Å². The van der Waals surface area contributed by atoms with E-state index in [4.69, 9.17) is 0 Å². The molecule has 7 heteroatoms. The highest BCUT2D eigenvalue weighted by Crippen LogP contribution is 2.17. The van der Waals surface area contributed by atoms with Gasteiger partial charge in [0.1, 0.15) is 5.82 Å². The fraction of sp³-hybridized carbons (Fsp3) is 0.0667. The number of halogens is 4. The van der Waals surface area contributed by atoms with Crippen LogP contribution in [0.1, 0.15) is 11.1 Å². The number of benzene rings is 2. The van der Waals surface area contributed by atoms with Gasteiger partial charge in [-0.1, -0.05) is 28.1 Å². The van der Waals surface area contributed by atoms with Crippen molar-refractivity contribution in [3.05, 3.63) is 74.9 Å². The topological polar surface area (TPSA) is 34.1 Å². The van der Waals surface area contributed by atoms with Crippen LogP contribution in [0.3, 0.4) is 0 Å². The normalized spacial score (nSPS) is 12.0. The van der Waals surface area contributed by atoms with Crippen molar-refractivity contribution in [2.75, 3.05) is 0 Å². The first-order valence-electron chi connectivity index (χ1n) is 6.07. The Kier molecular flexibility index (Phi) is 5.08. The second-order valence-corrected chi connectivity index (χ2v) is 7.33. The van der Waals surface area contributed by atoms with Gasteiger partial charge < -0.3 is 0 Å². The first kappa shape index (κ1) is 16.8. The number of rotatable bonds is 4. The molecule has 0 fully saturated rings. The maximum absolute atomic E-state index is 13.4. The fourth-order valence-corrected chi connectivity index (χ4v) is 3.08. The van der Waals surface area contributed by atoms with Crippen molar-refractivity contribution >= 4 is 31.8 Å². The Labute approximate surface area is 134 Å². The van der Waals surface area contributed by atoms with Gasteiger partial charge in [0.2, 0.25) is 0 Å². The van der Waals surface area contributed by atoms with Crippen LogP contribution in [0.4, 0.5) is 13.2 Å². The van der Waals surface area contributed by atoms with Crippen LogP contribution in [0.2, 0.25) is 0 Å². The lowest BCUT2D eigenvalue weighted by Crippen LogP contribution is -2.00. The van der Waals surface area contributed by atoms with E-state index in [1.165, 1.54) is 0 Å². The third-order valence-electron chi connectivity index (χ3n) is 2.78. The predicted octanol–water partition coefficient (Wildman–Crippen LogP) is 4.45. The summed E-state index contributed by atoms with van der Waals surface area (Å²) >= 11 is 3.24. The van der Waals surface area contributed by atoms with Crippen molar-refractivity contribution in [1.82, 2.24) is 0 Å². The summed E-state index contributed by atoms with van der Waals surface area (Å²) < 4.78 is 63.9. The van der Waals surface area contributed by atoms with Gasteiger partial charge in [-0.15, -0.1) is 0 Å². The minimum atomic E-state index is -3.66. The summed E-state index contributed by atoms with van der Waals surface area (Å²) in [4.78, 5) is 0. The molecule has 0 N–H and O–H groups in total. The summed E-state index contributed by atoms with van der Waals surface area (Å²) in [5.74, 6) is -3.88. The Morgan fingerprint density at radius 1 is 0.955 bits per heavy atom. The fourth-order valence-electron chi connectivity index (χ4n) is 1.70. The number of hydrogen-bond donors (Lipinski definition) is 0. The van der Waals surface area contributed by atoms with Crippen LogP contribution in [0, 0.1) is 17.5 Å². The zero-order chi connectivity index (χ0) is 16.3. The molecule has 0 saturated carbocycles. The van der Waals surface area contributed by atoms with Crippen LogP contribution < -0.4 is 0 Å². The van der Waals surface area contributed by atoms with Gasteiger partial charge in [0.25, 0.3) is 0 Å². The van der Waals surface area contributed by atoms with E-state index in [0.29, 0.717) is 17.7 Å². The molecule has 2 aromatic carbocycles. The largest absolute Gasteiger partial charge is 0.224 e. The lowest BCUT2D eigenvalue weighted by Gasteiger charge is -2.01. The molecular formula is C15H10BrF3O2S. The predicted molar refractivity (Wildman–Crippen MR) is 82.1 cm³/mol. The smallest absolute Gasteiger partial charge is 0.175 e. The second kappa shape index (κ2) is 6.66. The van der Waals surface area contributed by atoms with Crippen LogP contribution in [0.25, 0.3) is 6.08 Å². The molecule has 0 aromatic heterocycles. The van der Waals surface area contributed by atoms with Crippen molar-refractivity contribution in [3.63, 3.8) is 0 Å². The highest BCUT2D eigenvalue weighted by Gasteiger charge is 2.11. The molecule has 2 nitrogen and oxygen atoms in total. The molecule has 0 saturated heterocycles. The molecule has 0 heterocycles. The number of sulfone groups is 1. The molecule has 0 radical (unpaired) electrons. The molecule has 0 spiro atoms. The van der Waals surface area contributed by atoms with Crippen molar-refractivity contribution in [1.29, 1.82) is 0 Å². The van der Waals surface area contributed by atoms with Gasteiger partial charge in [-0.25, -0.2) is 21.6 Å². The van der Waals surface area contributed by atoms with E-state index >= 15 is 0 Å². The molecule has 0 amide bonds.